The molecule has 0 radical (unpaired) electrons. The molecular weight excluding hydrogens is 296 g/mol. The second-order valence-corrected chi connectivity index (χ2v) is 6.13. The number of likely N-dealkylation sites (N-methyl/N-ethyl adjacent to an activating group) is 1. The fraction of sp³-hybridized carbons (Fsp3) is 0.850. The van der Waals surface area contributed by atoms with E-state index in [1.807, 2.05) is 51.7 Å². The second kappa shape index (κ2) is 17.0. The molecule has 0 saturated carbocycles. The fourth-order valence-electron chi connectivity index (χ4n) is 2.26. The second-order valence-electron chi connectivity index (χ2n) is 6.13. The monoisotopic (exact) mass is 340 g/mol. The molecular formula is C20H44N4. The number of hydrogen-bond donors (Lipinski definition) is 0. The van der Waals surface area contributed by atoms with Crippen molar-refractivity contribution in [2.24, 2.45) is 13.0 Å². The smallest absolute Gasteiger partial charge is 0.0492 e. The normalized spacial score (nSPS) is 14.8. The van der Waals surface area contributed by atoms with E-state index in [1.165, 1.54) is 44.8 Å². The van der Waals surface area contributed by atoms with Gasteiger partial charge in [0.05, 0.1) is 0 Å². The van der Waals surface area contributed by atoms with Gasteiger partial charge in [0.15, 0.2) is 0 Å². The standard InChI is InChI=1S/C10H22N2.C6H10N2.2C2H6/c1-10(2)4-5-12-8-6-11(3)7-9-12;1-3-6-4-5-7-8(6)2;2*1-2/h10H,4-9H2,1-3H3;4-5H,3H2,1-2H3;2*1-2H3. The van der Waals surface area contributed by atoms with E-state index in [4.69, 9.17) is 0 Å². The summed E-state index contributed by atoms with van der Waals surface area (Å²) in [6, 6.07) is 2.03. The lowest BCUT2D eigenvalue weighted by Crippen LogP contribution is -2.44. The van der Waals surface area contributed by atoms with Crippen LogP contribution in [0.5, 0.6) is 0 Å². The van der Waals surface area contributed by atoms with Gasteiger partial charge in [-0.1, -0.05) is 48.5 Å². The van der Waals surface area contributed by atoms with Crippen molar-refractivity contribution < 1.29 is 0 Å². The first-order valence-electron chi connectivity index (χ1n) is 9.90. The Balaban J connectivity index is 0. The van der Waals surface area contributed by atoms with Gasteiger partial charge in [-0.25, -0.2) is 0 Å². The van der Waals surface area contributed by atoms with Crippen molar-refractivity contribution in [2.45, 2.75) is 61.3 Å². The Labute approximate surface area is 152 Å². The number of hydrogen-bond acceptors (Lipinski definition) is 3. The van der Waals surface area contributed by atoms with Crippen LogP contribution in [0.25, 0.3) is 0 Å². The van der Waals surface area contributed by atoms with E-state index in [2.05, 4.69) is 42.7 Å². The minimum atomic E-state index is 0.852. The van der Waals surface area contributed by atoms with Gasteiger partial charge in [-0.05, 0) is 38.4 Å². The molecule has 0 atom stereocenters. The van der Waals surface area contributed by atoms with Gasteiger partial charge in [0.25, 0.3) is 0 Å². The molecule has 4 nitrogen and oxygen atoms in total. The summed E-state index contributed by atoms with van der Waals surface area (Å²) in [6.07, 6.45) is 4.24. The summed E-state index contributed by atoms with van der Waals surface area (Å²) in [4.78, 5) is 4.99. The summed E-state index contributed by atoms with van der Waals surface area (Å²) in [6.45, 7) is 21.1. The van der Waals surface area contributed by atoms with Crippen molar-refractivity contribution in [3.05, 3.63) is 18.0 Å². The van der Waals surface area contributed by atoms with Crippen LogP contribution >= 0.6 is 0 Å². The Morgan fingerprint density at radius 1 is 1.00 bits per heavy atom. The molecule has 144 valence electrons. The largest absolute Gasteiger partial charge is 0.304 e. The van der Waals surface area contributed by atoms with Crippen molar-refractivity contribution in [3.8, 4) is 0 Å². The molecule has 1 saturated heterocycles. The van der Waals surface area contributed by atoms with Gasteiger partial charge in [-0.3, -0.25) is 4.68 Å². The average molecular weight is 341 g/mol. The summed E-state index contributed by atoms with van der Waals surface area (Å²) in [5, 5.41) is 4.00. The van der Waals surface area contributed by atoms with E-state index in [0.29, 0.717) is 0 Å². The van der Waals surface area contributed by atoms with Gasteiger partial charge in [-0.2, -0.15) is 5.10 Å². The van der Waals surface area contributed by atoms with Crippen LogP contribution in [-0.4, -0.2) is 59.4 Å². The average Bonchev–Trinajstić information content (AvgIpc) is 3.03. The molecule has 0 amide bonds. The van der Waals surface area contributed by atoms with E-state index >= 15 is 0 Å². The molecule has 4 heteroatoms. The molecule has 1 aromatic rings. The molecule has 2 heterocycles. The van der Waals surface area contributed by atoms with E-state index in [1.54, 1.807) is 0 Å². The van der Waals surface area contributed by atoms with Crippen LogP contribution in [0.1, 0.15) is 60.6 Å². The number of rotatable bonds is 4. The van der Waals surface area contributed by atoms with Crippen LogP contribution in [0.2, 0.25) is 0 Å². The maximum atomic E-state index is 4.00. The van der Waals surface area contributed by atoms with Crippen LogP contribution in [-0.2, 0) is 13.5 Å². The van der Waals surface area contributed by atoms with E-state index in [-0.39, 0.29) is 0 Å². The minimum Gasteiger partial charge on any atom is -0.304 e. The van der Waals surface area contributed by atoms with Crippen LogP contribution in [0, 0.1) is 5.92 Å². The summed E-state index contributed by atoms with van der Waals surface area (Å²) in [7, 11) is 4.17. The first kappa shape index (κ1) is 25.4. The summed E-state index contributed by atoms with van der Waals surface area (Å²) < 4.78 is 1.89. The van der Waals surface area contributed by atoms with Crippen molar-refractivity contribution in [1.29, 1.82) is 0 Å². The molecule has 0 aromatic carbocycles. The highest BCUT2D eigenvalue weighted by Crippen LogP contribution is 2.04. The molecule has 1 aliphatic heterocycles. The van der Waals surface area contributed by atoms with Crippen LogP contribution in [0.3, 0.4) is 0 Å². The topological polar surface area (TPSA) is 24.3 Å². The molecule has 24 heavy (non-hydrogen) atoms. The zero-order valence-corrected chi connectivity index (χ0v) is 18.0. The number of aromatic nitrogens is 2. The third kappa shape index (κ3) is 12.5. The molecule has 0 aliphatic carbocycles. The SMILES string of the molecule is CC.CC.CC(C)CCN1CCN(C)CC1.CCc1ccnn1C. The third-order valence-corrected chi connectivity index (χ3v) is 3.90. The number of aryl methyl sites for hydroxylation is 2. The van der Waals surface area contributed by atoms with E-state index in [9.17, 15) is 0 Å². The highest BCUT2D eigenvalue weighted by molar-refractivity contribution is 4.98. The summed E-state index contributed by atoms with van der Waals surface area (Å²) in [5.41, 5.74) is 1.28. The predicted molar refractivity (Wildman–Crippen MR) is 109 cm³/mol. The fourth-order valence-corrected chi connectivity index (χ4v) is 2.26. The van der Waals surface area contributed by atoms with Crippen molar-refractivity contribution in [2.75, 3.05) is 39.8 Å². The summed E-state index contributed by atoms with van der Waals surface area (Å²) in [5.74, 6) is 0.852. The Kier molecular flexibility index (Phi) is 17.9. The van der Waals surface area contributed by atoms with E-state index in [0.717, 1.165) is 12.3 Å². The molecule has 1 aromatic heterocycles. The van der Waals surface area contributed by atoms with Crippen molar-refractivity contribution in [3.63, 3.8) is 0 Å². The highest BCUT2D eigenvalue weighted by Gasteiger charge is 2.12. The molecule has 0 N–H and O–H groups in total. The maximum absolute atomic E-state index is 4.00. The van der Waals surface area contributed by atoms with Crippen LogP contribution in [0.4, 0.5) is 0 Å². The van der Waals surface area contributed by atoms with Gasteiger partial charge in [0.2, 0.25) is 0 Å². The van der Waals surface area contributed by atoms with Gasteiger partial charge >= 0.3 is 0 Å². The number of piperazine rings is 1. The molecule has 0 bridgehead atoms. The molecule has 1 aliphatic rings. The Hall–Kier alpha value is -0.870. The van der Waals surface area contributed by atoms with Gasteiger partial charge in [0.1, 0.15) is 0 Å². The molecule has 0 spiro atoms. The Morgan fingerprint density at radius 3 is 1.88 bits per heavy atom. The summed E-state index contributed by atoms with van der Waals surface area (Å²) >= 11 is 0. The Morgan fingerprint density at radius 2 is 1.54 bits per heavy atom. The van der Waals surface area contributed by atoms with Crippen molar-refractivity contribution in [1.82, 2.24) is 19.6 Å². The van der Waals surface area contributed by atoms with Gasteiger partial charge in [-0.15, -0.1) is 0 Å². The third-order valence-electron chi connectivity index (χ3n) is 3.90. The van der Waals surface area contributed by atoms with Gasteiger partial charge in [0, 0.05) is 45.1 Å². The lowest BCUT2D eigenvalue weighted by Gasteiger charge is -2.32. The van der Waals surface area contributed by atoms with Gasteiger partial charge < -0.3 is 9.80 Å². The predicted octanol–water partition coefficient (Wildman–Crippen LogP) is 4.31. The highest BCUT2D eigenvalue weighted by atomic mass is 15.3. The molecule has 1 fully saturated rings. The first-order chi connectivity index (χ1) is 11.5. The quantitative estimate of drug-likeness (QED) is 0.816. The Bertz CT molecular complexity index is 352. The molecule has 2 rings (SSSR count). The van der Waals surface area contributed by atoms with Crippen LogP contribution < -0.4 is 0 Å². The zero-order chi connectivity index (χ0) is 19.0. The lowest BCUT2D eigenvalue weighted by molar-refractivity contribution is 0.148. The lowest BCUT2D eigenvalue weighted by atomic mass is 10.1. The minimum absolute atomic E-state index is 0.852. The van der Waals surface area contributed by atoms with Crippen molar-refractivity contribution >= 4 is 0 Å². The van der Waals surface area contributed by atoms with E-state index < -0.39 is 0 Å². The molecule has 0 unspecified atom stereocenters. The first-order valence-corrected chi connectivity index (χ1v) is 9.90. The number of nitrogens with zero attached hydrogens (tertiary/aromatic N) is 4. The zero-order valence-electron chi connectivity index (χ0n) is 18.0. The van der Waals surface area contributed by atoms with Crippen LogP contribution in [0.15, 0.2) is 12.3 Å². The maximum Gasteiger partial charge on any atom is 0.0492 e.